The Kier molecular flexibility index (Phi) is 2.93. The fourth-order valence-electron chi connectivity index (χ4n) is 0.876. The fraction of sp³-hybridized carbons (Fsp3) is 0. The number of nitriles is 1. The molecule has 0 aromatic heterocycles. The van der Waals surface area contributed by atoms with Gasteiger partial charge in [0.25, 0.3) is 0 Å². The molecule has 0 heterocycles. The summed E-state index contributed by atoms with van der Waals surface area (Å²) in [6, 6.07) is 5.86. The molecule has 1 rings (SSSR count). The van der Waals surface area contributed by atoms with Crippen LogP contribution in [0, 0.1) is 17.1 Å². The monoisotopic (exact) mass is 175 g/mol. The predicted octanol–water partition coefficient (Wildman–Crippen LogP) is 1.91. The Bertz CT molecular complexity index is 390. The number of aldehydes is 1. The van der Waals surface area contributed by atoms with Crippen molar-refractivity contribution in [3.8, 4) is 6.07 Å². The first-order chi connectivity index (χ1) is 6.27. The van der Waals surface area contributed by atoms with Crippen LogP contribution in [0.25, 0.3) is 6.08 Å². The zero-order valence-electron chi connectivity index (χ0n) is 6.70. The van der Waals surface area contributed by atoms with Crippen LogP contribution in [0.4, 0.5) is 4.39 Å². The molecular formula is C10H6FNO. The van der Waals surface area contributed by atoms with E-state index in [1.165, 1.54) is 24.3 Å². The van der Waals surface area contributed by atoms with E-state index in [2.05, 4.69) is 0 Å². The van der Waals surface area contributed by atoms with Gasteiger partial charge in [0, 0.05) is 0 Å². The second-order valence-electron chi connectivity index (χ2n) is 2.35. The summed E-state index contributed by atoms with van der Waals surface area (Å²) in [5.41, 5.74) is 0.562. The Morgan fingerprint density at radius 2 is 2.23 bits per heavy atom. The van der Waals surface area contributed by atoms with Gasteiger partial charge >= 0.3 is 0 Å². The molecule has 0 unspecified atom stereocenters. The number of allylic oxidation sites excluding steroid dienone is 1. The van der Waals surface area contributed by atoms with Gasteiger partial charge in [-0.2, -0.15) is 5.26 Å². The zero-order valence-corrected chi connectivity index (χ0v) is 6.70. The minimum absolute atomic E-state index is 0.00301. The first-order valence-corrected chi connectivity index (χ1v) is 3.59. The number of hydrogen-bond donors (Lipinski definition) is 0. The van der Waals surface area contributed by atoms with Crippen molar-refractivity contribution in [2.24, 2.45) is 0 Å². The lowest BCUT2D eigenvalue weighted by Gasteiger charge is -1.94. The Morgan fingerprint density at radius 1 is 1.46 bits per heavy atom. The minimum Gasteiger partial charge on any atom is -0.299 e. The van der Waals surface area contributed by atoms with E-state index in [9.17, 15) is 9.18 Å². The molecule has 0 saturated carbocycles. The van der Waals surface area contributed by atoms with E-state index in [1.807, 2.05) is 0 Å². The number of nitrogens with zero attached hydrogens (tertiary/aromatic N) is 1. The molecule has 0 saturated heterocycles. The molecule has 0 radical (unpaired) electrons. The van der Waals surface area contributed by atoms with Crippen molar-refractivity contribution in [1.29, 1.82) is 5.26 Å². The van der Waals surface area contributed by atoms with E-state index in [0.29, 0.717) is 11.8 Å². The van der Waals surface area contributed by atoms with Crippen LogP contribution in [0.3, 0.4) is 0 Å². The smallest absolute Gasteiger partial charge is 0.142 e. The van der Waals surface area contributed by atoms with Crippen LogP contribution in [-0.4, -0.2) is 6.29 Å². The fourth-order valence-corrected chi connectivity index (χ4v) is 0.876. The van der Waals surface area contributed by atoms with E-state index < -0.39 is 5.82 Å². The van der Waals surface area contributed by atoms with Gasteiger partial charge < -0.3 is 0 Å². The Hall–Kier alpha value is -1.95. The predicted molar refractivity (Wildman–Crippen MR) is 46.2 cm³/mol. The number of rotatable bonds is 2. The summed E-state index contributed by atoms with van der Waals surface area (Å²) in [6.07, 6.45) is 3.34. The Balaban J connectivity index is 3.04. The van der Waals surface area contributed by atoms with Crippen LogP contribution in [0.5, 0.6) is 0 Å². The third-order valence-electron chi connectivity index (χ3n) is 1.48. The highest BCUT2D eigenvalue weighted by atomic mass is 19.1. The molecule has 2 nitrogen and oxygen atoms in total. The average Bonchev–Trinajstić information content (AvgIpc) is 2.15. The quantitative estimate of drug-likeness (QED) is 0.508. The van der Waals surface area contributed by atoms with Crippen molar-refractivity contribution in [1.82, 2.24) is 0 Å². The molecule has 0 atom stereocenters. The number of carbonyl (C=O) groups excluding carboxylic acids is 1. The van der Waals surface area contributed by atoms with Crippen molar-refractivity contribution in [3.05, 3.63) is 41.2 Å². The average molecular weight is 175 g/mol. The van der Waals surface area contributed by atoms with Crippen LogP contribution in [0.1, 0.15) is 11.1 Å². The minimum atomic E-state index is -0.574. The van der Waals surface area contributed by atoms with Crippen molar-refractivity contribution in [3.63, 3.8) is 0 Å². The first kappa shape index (κ1) is 9.14. The number of carbonyl (C=O) groups is 1. The Morgan fingerprint density at radius 3 is 2.77 bits per heavy atom. The molecule has 0 N–H and O–H groups in total. The van der Waals surface area contributed by atoms with E-state index in [0.717, 1.165) is 0 Å². The standard InChI is InChI=1S/C10H6FNO/c11-10-6-8(2-1-5-13)3-4-9(10)7-12/h1-6H. The Labute approximate surface area is 74.9 Å². The number of halogens is 1. The summed E-state index contributed by atoms with van der Waals surface area (Å²) >= 11 is 0. The lowest BCUT2D eigenvalue weighted by molar-refractivity contribution is -0.104. The molecular weight excluding hydrogens is 169 g/mol. The van der Waals surface area contributed by atoms with Gasteiger partial charge in [-0.15, -0.1) is 0 Å². The first-order valence-electron chi connectivity index (χ1n) is 3.59. The van der Waals surface area contributed by atoms with Gasteiger partial charge in [-0.05, 0) is 23.8 Å². The second-order valence-corrected chi connectivity index (χ2v) is 2.35. The molecule has 0 spiro atoms. The maximum absolute atomic E-state index is 12.9. The van der Waals surface area contributed by atoms with Gasteiger partial charge in [0.1, 0.15) is 18.2 Å². The molecule has 13 heavy (non-hydrogen) atoms. The third kappa shape index (κ3) is 2.24. The number of hydrogen-bond acceptors (Lipinski definition) is 2. The van der Waals surface area contributed by atoms with E-state index >= 15 is 0 Å². The normalized spacial score (nSPS) is 9.85. The summed E-state index contributed by atoms with van der Waals surface area (Å²) < 4.78 is 12.9. The van der Waals surface area contributed by atoms with E-state index in [4.69, 9.17) is 5.26 Å². The summed E-state index contributed by atoms with van der Waals surface area (Å²) in [4.78, 5) is 9.95. The molecule has 1 aromatic carbocycles. The van der Waals surface area contributed by atoms with E-state index in [1.54, 1.807) is 12.1 Å². The maximum Gasteiger partial charge on any atom is 0.142 e. The van der Waals surface area contributed by atoms with Gasteiger partial charge in [-0.25, -0.2) is 4.39 Å². The third-order valence-corrected chi connectivity index (χ3v) is 1.48. The van der Waals surface area contributed by atoms with Crippen molar-refractivity contribution in [2.75, 3.05) is 0 Å². The SMILES string of the molecule is N#Cc1ccc(C=CC=O)cc1F. The van der Waals surface area contributed by atoms with Crippen molar-refractivity contribution >= 4 is 12.4 Å². The molecule has 0 aliphatic rings. The van der Waals surface area contributed by atoms with Crippen molar-refractivity contribution < 1.29 is 9.18 Å². The zero-order chi connectivity index (χ0) is 9.68. The van der Waals surface area contributed by atoms with E-state index in [-0.39, 0.29) is 5.56 Å². The van der Waals surface area contributed by atoms with Gasteiger partial charge in [-0.3, -0.25) is 4.79 Å². The van der Waals surface area contributed by atoms with Gasteiger partial charge in [-0.1, -0.05) is 12.1 Å². The van der Waals surface area contributed by atoms with Crippen LogP contribution < -0.4 is 0 Å². The summed E-state index contributed by atoms with van der Waals surface area (Å²) in [6.45, 7) is 0. The van der Waals surface area contributed by atoms with Crippen molar-refractivity contribution in [2.45, 2.75) is 0 Å². The molecule has 0 aliphatic carbocycles. The summed E-state index contributed by atoms with van der Waals surface area (Å²) in [7, 11) is 0. The van der Waals surface area contributed by atoms with Crippen LogP contribution in [-0.2, 0) is 4.79 Å². The van der Waals surface area contributed by atoms with Gasteiger partial charge in [0.2, 0.25) is 0 Å². The summed E-state index contributed by atoms with van der Waals surface area (Å²) in [5, 5.41) is 8.42. The summed E-state index contributed by atoms with van der Waals surface area (Å²) in [5.74, 6) is -0.574. The largest absolute Gasteiger partial charge is 0.299 e. The highest BCUT2D eigenvalue weighted by Gasteiger charge is 1.99. The molecule has 0 aliphatic heterocycles. The highest BCUT2D eigenvalue weighted by molar-refractivity contribution is 5.73. The number of benzene rings is 1. The molecule has 3 heteroatoms. The molecule has 0 amide bonds. The maximum atomic E-state index is 12.9. The topological polar surface area (TPSA) is 40.9 Å². The van der Waals surface area contributed by atoms with Crippen LogP contribution >= 0.6 is 0 Å². The highest BCUT2D eigenvalue weighted by Crippen LogP contribution is 2.10. The molecule has 64 valence electrons. The second kappa shape index (κ2) is 4.17. The van der Waals surface area contributed by atoms with Gasteiger partial charge in [0.15, 0.2) is 0 Å². The lowest BCUT2D eigenvalue weighted by Crippen LogP contribution is -1.83. The molecule has 0 fully saturated rings. The lowest BCUT2D eigenvalue weighted by atomic mass is 10.1. The molecule has 0 bridgehead atoms. The van der Waals surface area contributed by atoms with Crippen LogP contribution in [0.2, 0.25) is 0 Å². The molecule has 1 aromatic rings. The van der Waals surface area contributed by atoms with Crippen LogP contribution in [0.15, 0.2) is 24.3 Å². The van der Waals surface area contributed by atoms with Gasteiger partial charge in [0.05, 0.1) is 5.56 Å².